The van der Waals surface area contributed by atoms with Gasteiger partial charge in [0.05, 0.1) is 20.4 Å². The van der Waals surface area contributed by atoms with Crippen LogP contribution in [0.2, 0.25) is 0 Å². The van der Waals surface area contributed by atoms with E-state index in [9.17, 15) is 4.39 Å². The number of nitrogens with two attached hydrogens (primary N) is 1. The lowest BCUT2D eigenvalue weighted by atomic mass is 10.0. The molecule has 19 heavy (non-hydrogen) atoms. The first-order valence-corrected chi connectivity index (χ1v) is 5.70. The Balaban J connectivity index is 2.72. The molecule has 1 aromatic carbocycles. The molecule has 0 aliphatic carbocycles. The maximum Gasteiger partial charge on any atom is 0.197 e. The van der Waals surface area contributed by atoms with Gasteiger partial charge in [-0.2, -0.15) is 5.10 Å². The van der Waals surface area contributed by atoms with E-state index in [2.05, 4.69) is 5.10 Å². The molecular weight excluding hydrogens is 249 g/mol. The Morgan fingerprint density at radius 1 is 1.21 bits per heavy atom. The van der Waals surface area contributed by atoms with E-state index < -0.39 is 5.82 Å². The SMILES string of the molecule is COc1c(C)cc(-c2cnn(C)c2N)c(F)c1OC. The number of rotatable bonds is 3. The number of methoxy groups -OCH3 is 2. The summed E-state index contributed by atoms with van der Waals surface area (Å²) in [6, 6.07) is 1.67. The van der Waals surface area contributed by atoms with Gasteiger partial charge in [0.15, 0.2) is 17.3 Å². The third-order valence-corrected chi connectivity index (χ3v) is 3.04. The summed E-state index contributed by atoms with van der Waals surface area (Å²) in [4.78, 5) is 0. The summed E-state index contributed by atoms with van der Waals surface area (Å²) < 4.78 is 26.2. The molecule has 0 bridgehead atoms. The van der Waals surface area contributed by atoms with E-state index in [1.165, 1.54) is 25.1 Å². The van der Waals surface area contributed by atoms with Gasteiger partial charge in [0.1, 0.15) is 5.82 Å². The van der Waals surface area contributed by atoms with Crippen LogP contribution >= 0.6 is 0 Å². The number of hydrogen-bond acceptors (Lipinski definition) is 4. The van der Waals surface area contributed by atoms with Crippen LogP contribution in [0.1, 0.15) is 5.56 Å². The van der Waals surface area contributed by atoms with Crippen LogP contribution in [0.3, 0.4) is 0 Å². The molecule has 0 atom stereocenters. The summed E-state index contributed by atoms with van der Waals surface area (Å²) >= 11 is 0. The first-order valence-electron chi connectivity index (χ1n) is 5.70. The average molecular weight is 265 g/mol. The van der Waals surface area contributed by atoms with Crippen LogP contribution in [0.15, 0.2) is 12.3 Å². The number of anilines is 1. The predicted octanol–water partition coefficient (Wildman–Crippen LogP) is 2.13. The van der Waals surface area contributed by atoms with Gasteiger partial charge >= 0.3 is 0 Å². The second-order valence-corrected chi connectivity index (χ2v) is 4.19. The molecule has 102 valence electrons. The molecule has 0 saturated heterocycles. The second kappa shape index (κ2) is 4.79. The van der Waals surface area contributed by atoms with Gasteiger partial charge in [-0.1, -0.05) is 0 Å². The highest BCUT2D eigenvalue weighted by atomic mass is 19.1. The summed E-state index contributed by atoms with van der Waals surface area (Å²) in [6.07, 6.45) is 1.53. The topological polar surface area (TPSA) is 62.3 Å². The first-order chi connectivity index (χ1) is 9.01. The Labute approximate surface area is 110 Å². The minimum absolute atomic E-state index is 0.0701. The third-order valence-electron chi connectivity index (χ3n) is 3.04. The summed E-state index contributed by atoms with van der Waals surface area (Å²) in [5, 5.41) is 4.01. The highest BCUT2D eigenvalue weighted by molar-refractivity contribution is 5.77. The van der Waals surface area contributed by atoms with Gasteiger partial charge < -0.3 is 15.2 Å². The quantitative estimate of drug-likeness (QED) is 0.923. The van der Waals surface area contributed by atoms with Crippen LogP contribution in [-0.4, -0.2) is 24.0 Å². The van der Waals surface area contributed by atoms with Crippen LogP contribution in [0.5, 0.6) is 11.5 Å². The van der Waals surface area contributed by atoms with Crippen molar-refractivity contribution < 1.29 is 13.9 Å². The van der Waals surface area contributed by atoms with Crippen molar-refractivity contribution >= 4 is 5.82 Å². The van der Waals surface area contributed by atoms with Crippen LogP contribution in [0.25, 0.3) is 11.1 Å². The van der Waals surface area contributed by atoms with Crippen LogP contribution in [0.4, 0.5) is 10.2 Å². The second-order valence-electron chi connectivity index (χ2n) is 4.19. The number of nitrogen functional groups attached to an aromatic ring is 1. The minimum atomic E-state index is -0.510. The number of benzene rings is 1. The first kappa shape index (κ1) is 13.2. The Kier molecular flexibility index (Phi) is 3.33. The fraction of sp³-hybridized carbons (Fsp3) is 0.308. The highest BCUT2D eigenvalue weighted by Crippen LogP contribution is 2.40. The van der Waals surface area contributed by atoms with Gasteiger partial charge in [-0.15, -0.1) is 0 Å². The molecule has 0 aliphatic rings. The van der Waals surface area contributed by atoms with Crippen molar-refractivity contribution in [1.29, 1.82) is 0 Å². The number of aryl methyl sites for hydroxylation is 2. The van der Waals surface area contributed by atoms with E-state index in [4.69, 9.17) is 15.2 Å². The van der Waals surface area contributed by atoms with E-state index in [1.54, 1.807) is 13.1 Å². The van der Waals surface area contributed by atoms with Gasteiger partial charge in [-0.05, 0) is 18.6 Å². The fourth-order valence-electron chi connectivity index (χ4n) is 2.03. The average Bonchev–Trinajstić information content (AvgIpc) is 2.72. The molecule has 0 spiro atoms. The largest absolute Gasteiger partial charge is 0.492 e. The van der Waals surface area contributed by atoms with Gasteiger partial charge in [0.2, 0.25) is 0 Å². The van der Waals surface area contributed by atoms with Crippen LogP contribution in [0, 0.1) is 12.7 Å². The molecule has 2 rings (SSSR count). The Morgan fingerprint density at radius 3 is 2.32 bits per heavy atom. The van der Waals surface area contributed by atoms with Crippen molar-refractivity contribution in [2.45, 2.75) is 6.92 Å². The molecule has 0 aliphatic heterocycles. The molecule has 0 fully saturated rings. The third kappa shape index (κ3) is 1.99. The van der Waals surface area contributed by atoms with Crippen LogP contribution < -0.4 is 15.2 Å². The maximum atomic E-state index is 14.5. The smallest absolute Gasteiger partial charge is 0.197 e. The zero-order valence-electron chi connectivity index (χ0n) is 11.3. The zero-order valence-corrected chi connectivity index (χ0v) is 11.3. The number of halogens is 1. The standard InChI is InChI=1S/C13H16FN3O2/c1-7-5-8(9-6-16-17(2)13(9)15)10(14)12(19-4)11(7)18-3/h5-6H,15H2,1-4H3. The molecule has 0 amide bonds. The van der Waals surface area contributed by atoms with Gasteiger partial charge in [-0.3, -0.25) is 4.68 Å². The molecular formula is C13H16FN3O2. The molecule has 0 radical (unpaired) electrons. The van der Waals surface area contributed by atoms with E-state index in [1.807, 2.05) is 6.92 Å². The lowest BCUT2D eigenvalue weighted by Crippen LogP contribution is -2.01. The lowest BCUT2D eigenvalue weighted by Gasteiger charge is -2.14. The molecule has 0 unspecified atom stereocenters. The number of ether oxygens (including phenoxy) is 2. The zero-order chi connectivity index (χ0) is 14.2. The molecule has 2 aromatic rings. The van der Waals surface area contributed by atoms with Crippen molar-refractivity contribution in [3.05, 3.63) is 23.6 Å². The molecule has 1 heterocycles. The molecule has 5 nitrogen and oxygen atoms in total. The predicted molar refractivity (Wildman–Crippen MR) is 70.9 cm³/mol. The number of nitrogens with zero attached hydrogens (tertiary/aromatic N) is 2. The summed E-state index contributed by atoms with van der Waals surface area (Å²) in [6.45, 7) is 1.82. The monoisotopic (exact) mass is 265 g/mol. The van der Waals surface area contributed by atoms with Gasteiger partial charge in [0, 0.05) is 18.2 Å². The van der Waals surface area contributed by atoms with Crippen molar-refractivity contribution in [1.82, 2.24) is 9.78 Å². The minimum Gasteiger partial charge on any atom is -0.492 e. The number of hydrogen-bond donors (Lipinski definition) is 1. The fourth-order valence-corrected chi connectivity index (χ4v) is 2.03. The number of aromatic nitrogens is 2. The van der Waals surface area contributed by atoms with Crippen molar-refractivity contribution in [3.63, 3.8) is 0 Å². The molecule has 1 aromatic heterocycles. The van der Waals surface area contributed by atoms with Crippen LogP contribution in [-0.2, 0) is 7.05 Å². The van der Waals surface area contributed by atoms with Crippen molar-refractivity contribution in [3.8, 4) is 22.6 Å². The summed E-state index contributed by atoms with van der Waals surface area (Å²) in [5.41, 5.74) is 7.52. The van der Waals surface area contributed by atoms with E-state index in [0.29, 0.717) is 22.7 Å². The Bertz CT molecular complexity index is 623. The summed E-state index contributed by atoms with van der Waals surface area (Å²) in [7, 11) is 4.57. The van der Waals surface area contributed by atoms with Crippen molar-refractivity contribution in [2.75, 3.05) is 20.0 Å². The van der Waals surface area contributed by atoms with Gasteiger partial charge in [0.25, 0.3) is 0 Å². The Hall–Kier alpha value is -2.24. The molecule has 6 heteroatoms. The Morgan fingerprint density at radius 2 is 1.84 bits per heavy atom. The van der Waals surface area contributed by atoms with Gasteiger partial charge in [-0.25, -0.2) is 4.39 Å². The normalized spacial score (nSPS) is 10.6. The highest BCUT2D eigenvalue weighted by Gasteiger charge is 2.21. The lowest BCUT2D eigenvalue weighted by molar-refractivity contribution is 0.336. The van der Waals surface area contributed by atoms with Crippen molar-refractivity contribution in [2.24, 2.45) is 7.05 Å². The maximum absolute atomic E-state index is 14.5. The van der Waals surface area contributed by atoms with E-state index >= 15 is 0 Å². The van der Waals surface area contributed by atoms with E-state index in [0.717, 1.165) is 5.56 Å². The molecule has 0 saturated carbocycles. The molecule has 2 N–H and O–H groups in total. The summed E-state index contributed by atoms with van der Waals surface area (Å²) in [5.74, 6) is 0.335. The van der Waals surface area contributed by atoms with E-state index in [-0.39, 0.29) is 5.75 Å².